The van der Waals surface area contributed by atoms with E-state index < -0.39 is 0 Å². The van der Waals surface area contributed by atoms with Gasteiger partial charge in [0.25, 0.3) is 0 Å². The van der Waals surface area contributed by atoms with Gasteiger partial charge in [-0.3, -0.25) is 14.7 Å². The molecule has 1 saturated heterocycles. The van der Waals surface area contributed by atoms with E-state index in [4.69, 9.17) is 0 Å². The van der Waals surface area contributed by atoms with Gasteiger partial charge in [-0.05, 0) is 43.9 Å². The molecule has 1 fully saturated rings. The Morgan fingerprint density at radius 3 is 3.00 bits per heavy atom. The van der Waals surface area contributed by atoms with Crippen molar-refractivity contribution >= 4 is 22.4 Å². The number of aryl methyl sites for hydroxylation is 1. The maximum absolute atomic E-state index is 11.0. The molecule has 1 amide bonds. The number of pyridine rings is 1. The lowest BCUT2D eigenvalue weighted by atomic mass is 10.0. The lowest BCUT2D eigenvalue weighted by Crippen LogP contribution is -2.20. The van der Waals surface area contributed by atoms with Gasteiger partial charge in [-0.1, -0.05) is 6.07 Å². The number of thiazole rings is 1. The molecule has 1 aliphatic heterocycles. The molecule has 2 aromatic heterocycles. The van der Waals surface area contributed by atoms with Crippen LogP contribution in [-0.2, 0) is 17.8 Å². The summed E-state index contributed by atoms with van der Waals surface area (Å²) in [5, 5.41) is 3.42. The van der Waals surface area contributed by atoms with E-state index in [2.05, 4.69) is 39.2 Å². The van der Waals surface area contributed by atoms with Gasteiger partial charge in [0.1, 0.15) is 0 Å². The second-order valence-electron chi connectivity index (χ2n) is 6.23. The number of anilines is 1. The fourth-order valence-electron chi connectivity index (χ4n) is 2.95. The third-order valence-corrected chi connectivity index (χ3v) is 4.95. The van der Waals surface area contributed by atoms with Crippen molar-refractivity contribution in [1.29, 1.82) is 0 Å². The van der Waals surface area contributed by atoms with Crippen molar-refractivity contribution in [2.24, 2.45) is 5.92 Å². The van der Waals surface area contributed by atoms with Crippen molar-refractivity contribution in [3.05, 3.63) is 40.7 Å². The van der Waals surface area contributed by atoms with Gasteiger partial charge in [0, 0.05) is 43.0 Å². The van der Waals surface area contributed by atoms with Gasteiger partial charge in [0.2, 0.25) is 5.91 Å². The average Bonchev–Trinajstić information content (AvgIpc) is 3.11. The molecule has 0 bridgehead atoms. The number of amides is 1. The summed E-state index contributed by atoms with van der Waals surface area (Å²) in [7, 11) is 0. The highest BCUT2D eigenvalue weighted by Crippen LogP contribution is 2.25. The fourth-order valence-corrected chi connectivity index (χ4v) is 3.85. The van der Waals surface area contributed by atoms with Gasteiger partial charge >= 0.3 is 0 Å². The summed E-state index contributed by atoms with van der Waals surface area (Å²) in [4.78, 5) is 23.5. The first-order chi connectivity index (χ1) is 11.1. The third-order valence-electron chi connectivity index (χ3n) is 4.06. The van der Waals surface area contributed by atoms with E-state index >= 15 is 0 Å². The summed E-state index contributed by atoms with van der Waals surface area (Å²) < 4.78 is 0. The van der Waals surface area contributed by atoms with Crippen LogP contribution in [0.15, 0.2) is 24.5 Å². The minimum atomic E-state index is -0.0715. The van der Waals surface area contributed by atoms with E-state index in [-0.39, 0.29) is 5.91 Å². The standard InChI is InChI=1S/C17H22N4OS/c1-12-3-4-15(18-8-12)7-14-5-6-21(10-14)11-16-9-19-17(23-16)20-13(2)22/h3-4,8-9,14H,5-7,10-11H2,1-2H3,(H,19,20,22). The Kier molecular flexibility index (Phi) is 5.03. The molecule has 5 nitrogen and oxygen atoms in total. The Morgan fingerprint density at radius 1 is 1.39 bits per heavy atom. The second kappa shape index (κ2) is 7.19. The molecule has 1 aliphatic rings. The predicted molar refractivity (Wildman–Crippen MR) is 92.5 cm³/mol. The first-order valence-electron chi connectivity index (χ1n) is 7.94. The molecule has 122 valence electrons. The minimum Gasteiger partial charge on any atom is -0.302 e. The highest BCUT2D eigenvalue weighted by atomic mass is 32.1. The van der Waals surface area contributed by atoms with Crippen LogP contribution in [0.25, 0.3) is 0 Å². The molecule has 1 atom stereocenters. The average molecular weight is 330 g/mol. The first kappa shape index (κ1) is 16.1. The molecule has 23 heavy (non-hydrogen) atoms. The maximum Gasteiger partial charge on any atom is 0.223 e. The van der Waals surface area contributed by atoms with Crippen molar-refractivity contribution < 1.29 is 4.79 Å². The molecule has 0 spiro atoms. The minimum absolute atomic E-state index is 0.0715. The van der Waals surface area contributed by atoms with Gasteiger partial charge in [-0.2, -0.15) is 0 Å². The van der Waals surface area contributed by atoms with Gasteiger partial charge < -0.3 is 5.32 Å². The van der Waals surface area contributed by atoms with Crippen LogP contribution in [0.4, 0.5) is 5.13 Å². The number of carbonyl (C=O) groups excluding carboxylic acids is 1. The molecule has 3 heterocycles. The number of rotatable bonds is 5. The lowest BCUT2D eigenvalue weighted by molar-refractivity contribution is -0.114. The molecular weight excluding hydrogens is 308 g/mol. The summed E-state index contributed by atoms with van der Waals surface area (Å²) in [5.41, 5.74) is 2.40. The van der Waals surface area contributed by atoms with Crippen LogP contribution in [0, 0.1) is 12.8 Å². The molecule has 1 unspecified atom stereocenters. The molecule has 6 heteroatoms. The van der Waals surface area contributed by atoms with E-state index in [9.17, 15) is 4.79 Å². The van der Waals surface area contributed by atoms with Crippen LogP contribution in [-0.4, -0.2) is 33.9 Å². The zero-order valence-corrected chi connectivity index (χ0v) is 14.4. The Labute approximate surface area is 140 Å². The van der Waals surface area contributed by atoms with E-state index in [1.54, 1.807) is 11.3 Å². The van der Waals surface area contributed by atoms with Gasteiger partial charge in [-0.15, -0.1) is 11.3 Å². The maximum atomic E-state index is 11.0. The number of aromatic nitrogens is 2. The van der Waals surface area contributed by atoms with Gasteiger partial charge in [0.05, 0.1) is 0 Å². The van der Waals surface area contributed by atoms with Crippen molar-refractivity contribution in [2.45, 2.75) is 33.2 Å². The smallest absolute Gasteiger partial charge is 0.223 e. The normalized spacial score (nSPS) is 18.3. The first-order valence-corrected chi connectivity index (χ1v) is 8.76. The second-order valence-corrected chi connectivity index (χ2v) is 7.35. The van der Waals surface area contributed by atoms with E-state index in [0.717, 1.165) is 26.1 Å². The van der Waals surface area contributed by atoms with Crippen molar-refractivity contribution in [3.63, 3.8) is 0 Å². The van der Waals surface area contributed by atoms with Crippen molar-refractivity contribution in [3.8, 4) is 0 Å². The number of likely N-dealkylation sites (tertiary alicyclic amines) is 1. The molecule has 1 N–H and O–H groups in total. The molecule has 2 aromatic rings. The highest BCUT2D eigenvalue weighted by Gasteiger charge is 2.23. The summed E-state index contributed by atoms with van der Waals surface area (Å²) in [5.74, 6) is 0.602. The van der Waals surface area contributed by atoms with E-state index in [1.807, 2.05) is 12.4 Å². The molecule has 0 saturated carbocycles. The molecular formula is C17H22N4OS. The topological polar surface area (TPSA) is 58.1 Å². The quantitative estimate of drug-likeness (QED) is 0.916. The summed E-state index contributed by atoms with van der Waals surface area (Å²) >= 11 is 1.56. The molecule has 0 radical (unpaired) electrons. The Balaban J connectivity index is 1.50. The zero-order chi connectivity index (χ0) is 16.2. The van der Waals surface area contributed by atoms with E-state index in [0.29, 0.717) is 11.0 Å². The summed E-state index contributed by atoms with van der Waals surface area (Å²) in [6, 6.07) is 4.27. The highest BCUT2D eigenvalue weighted by molar-refractivity contribution is 7.15. The number of nitrogens with one attached hydrogen (secondary N) is 1. The lowest BCUT2D eigenvalue weighted by Gasteiger charge is -2.14. The SMILES string of the molecule is CC(=O)Nc1ncc(CN2CCC(Cc3ccc(C)cn3)C2)s1. The van der Waals surface area contributed by atoms with Gasteiger partial charge in [-0.25, -0.2) is 4.98 Å². The van der Waals surface area contributed by atoms with E-state index in [1.165, 1.54) is 29.5 Å². The largest absolute Gasteiger partial charge is 0.302 e. The van der Waals surface area contributed by atoms with Gasteiger partial charge in [0.15, 0.2) is 5.13 Å². The van der Waals surface area contributed by atoms with Crippen LogP contribution in [0.5, 0.6) is 0 Å². The number of nitrogens with zero attached hydrogens (tertiary/aromatic N) is 3. The summed E-state index contributed by atoms with van der Waals surface area (Å²) in [6.45, 7) is 6.70. The number of carbonyl (C=O) groups is 1. The molecule has 3 rings (SSSR count). The van der Waals surface area contributed by atoms with Crippen molar-refractivity contribution in [2.75, 3.05) is 18.4 Å². The Morgan fingerprint density at radius 2 is 2.26 bits per heavy atom. The van der Waals surface area contributed by atoms with Crippen LogP contribution >= 0.6 is 11.3 Å². The predicted octanol–water partition coefficient (Wildman–Crippen LogP) is 2.87. The van der Waals surface area contributed by atoms with Crippen LogP contribution in [0.3, 0.4) is 0 Å². The molecule has 0 aromatic carbocycles. The number of hydrogen-bond acceptors (Lipinski definition) is 5. The number of hydrogen-bond donors (Lipinski definition) is 1. The van der Waals surface area contributed by atoms with Crippen LogP contribution in [0.2, 0.25) is 0 Å². The van der Waals surface area contributed by atoms with Crippen LogP contribution < -0.4 is 5.32 Å². The monoisotopic (exact) mass is 330 g/mol. The summed E-state index contributed by atoms with van der Waals surface area (Å²) in [6.07, 6.45) is 6.08. The zero-order valence-electron chi connectivity index (χ0n) is 13.6. The van der Waals surface area contributed by atoms with Crippen molar-refractivity contribution in [1.82, 2.24) is 14.9 Å². The Hall–Kier alpha value is -1.79. The van der Waals surface area contributed by atoms with Crippen LogP contribution in [0.1, 0.15) is 29.5 Å². The molecule has 0 aliphatic carbocycles. The third kappa shape index (κ3) is 4.59. The fraction of sp³-hybridized carbons (Fsp3) is 0.471. The Bertz CT molecular complexity index is 667.